The molecule has 3 heteroatoms. The fraction of sp³-hybridized carbons (Fsp3) is 0.688. The highest BCUT2D eigenvalue weighted by molar-refractivity contribution is 5.55. The van der Waals surface area contributed by atoms with Crippen molar-refractivity contribution in [1.82, 2.24) is 4.98 Å². The van der Waals surface area contributed by atoms with Crippen molar-refractivity contribution in [3.05, 3.63) is 18.5 Å². The average Bonchev–Trinajstić information content (AvgIpc) is 2.39. The number of pyridine rings is 1. The van der Waals surface area contributed by atoms with E-state index in [1.807, 2.05) is 12.3 Å². The highest BCUT2D eigenvalue weighted by Gasteiger charge is 2.29. The fourth-order valence-corrected chi connectivity index (χ4v) is 2.99. The van der Waals surface area contributed by atoms with Crippen LogP contribution in [0.5, 0.6) is 5.75 Å². The van der Waals surface area contributed by atoms with Crippen LogP contribution >= 0.6 is 0 Å². The maximum atomic E-state index is 5.34. The minimum atomic E-state index is 0.444. The summed E-state index contributed by atoms with van der Waals surface area (Å²) in [5.41, 5.74) is 1.51. The van der Waals surface area contributed by atoms with Crippen LogP contribution in [0.1, 0.15) is 46.5 Å². The molecule has 106 valence electrons. The van der Waals surface area contributed by atoms with Gasteiger partial charge in [0.25, 0.3) is 0 Å². The minimum Gasteiger partial charge on any atom is -0.493 e. The molecule has 1 N–H and O–H groups in total. The lowest BCUT2D eigenvalue weighted by molar-refractivity contribution is 0.173. The zero-order chi connectivity index (χ0) is 13.9. The summed E-state index contributed by atoms with van der Waals surface area (Å²) in [6, 6.07) is 2.56. The van der Waals surface area contributed by atoms with Gasteiger partial charge >= 0.3 is 0 Å². The van der Waals surface area contributed by atoms with Gasteiger partial charge in [-0.3, -0.25) is 4.98 Å². The van der Waals surface area contributed by atoms with Gasteiger partial charge in [-0.15, -0.1) is 0 Å². The Hall–Kier alpha value is -1.25. The second-order valence-corrected chi connectivity index (χ2v) is 6.63. The lowest BCUT2D eigenvalue weighted by Gasteiger charge is -2.37. The Morgan fingerprint density at radius 2 is 1.89 bits per heavy atom. The second-order valence-electron chi connectivity index (χ2n) is 6.63. The summed E-state index contributed by atoms with van der Waals surface area (Å²) in [5.74, 6) is 1.69. The molecule has 1 fully saturated rings. The molecule has 19 heavy (non-hydrogen) atoms. The van der Waals surface area contributed by atoms with E-state index in [2.05, 4.69) is 31.1 Å². The van der Waals surface area contributed by atoms with Crippen LogP contribution in [0.15, 0.2) is 18.5 Å². The zero-order valence-electron chi connectivity index (χ0n) is 12.6. The maximum absolute atomic E-state index is 5.34. The highest BCUT2D eigenvalue weighted by Crippen LogP contribution is 2.38. The lowest BCUT2D eigenvalue weighted by atomic mass is 9.71. The number of ether oxygens (including phenoxy) is 1. The Morgan fingerprint density at radius 3 is 2.47 bits per heavy atom. The van der Waals surface area contributed by atoms with Crippen LogP contribution in [0.2, 0.25) is 0 Å². The van der Waals surface area contributed by atoms with Gasteiger partial charge in [-0.2, -0.15) is 0 Å². The Labute approximate surface area is 116 Å². The third-order valence-corrected chi connectivity index (χ3v) is 4.32. The molecule has 1 aliphatic carbocycles. The molecule has 0 aliphatic heterocycles. The zero-order valence-corrected chi connectivity index (χ0v) is 12.6. The second kappa shape index (κ2) is 5.81. The Kier molecular flexibility index (Phi) is 4.33. The molecule has 0 unspecified atom stereocenters. The summed E-state index contributed by atoms with van der Waals surface area (Å²) in [6.07, 6.45) is 8.69. The van der Waals surface area contributed by atoms with Crippen molar-refractivity contribution in [2.45, 2.75) is 52.5 Å². The molecule has 1 aliphatic rings. The van der Waals surface area contributed by atoms with E-state index in [1.165, 1.54) is 25.7 Å². The minimum absolute atomic E-state index is 0.444. The summed E-state index contributed by atoms with van der Waals surface area (Å²) in [6.45, 7) is 7.08. The summed E-state index contributed by atoms with van der Waals surface area (Å²) in [5, 5.41) is 3.61. The van der Waals surface area contributed by atoms with Gasteiger partial charge in [0, 0.05) is 12.2 Å². The van der Waals surface area contributed by atoms with E-state index >= 15 is 0 Å². The van der Waals surface area contributed by atoms with Crippen molar-refractivity contribution in [1.29, 1.82) is 0 Å². The van der Waals surface area contributed by atoms with Crippen molar-refractivity contribution in [2.24, 2.45) is 11.3 Å². The van der Waals surface area contributed by atoms with E-state index in [0.717, 1.165) is 17.4 Å². The van der Waals surface area contributed by atoms with Crippen molar-refractivity contribution >= 4 is 5.69 Å². The molecular weight excluding hydrogens is 236 g/mol. The van der Waals surface area contributed by atoms with E-state index in [9.17, 15) is 0 Å². The molecule has 1 heterocycles. The topological polar surface area (TPSA) is 34.1 Å². The number of nitrogens with one attached hydrogen (secondary N) is 1. The van der Waals surface area contributed by atoms with Crippen molar-refractivity contribution in [2.75, 3.05) is 12.4 Å². The SMILES string of the molecule is COc1cnccc1NC1CCC(C(C)(C)C)CC1. The molecule has 0 radical (unpaired) electrons. The summed E-state index contributed by atoms with van der Waals surface area (Å²) >= 11 is 0. The largest absolute Gasteiger partial charge is 0.493 e. The van der Waals surface area contributed by atoms with Crippen molar-refractivity contribution < 1.29 is 4.74 Å². The van der Waals surface area contributed by atoms with Crippen LogP contribution in [-0.4, -0.2) is 18.1 Å². The Bertz CT molecular complexity index is 403. The van der Waals surface area contributed by atoms with Crippen LogP contribution in [0.25, 0.3) is 0 Å². The van der Waals surface area contributed by atoms with E-state index in [1.54, 1.807) is 13.3 Å². The van der Waals surface area contributed by atoms with E-state index in [-0.39, 0.29) is 0 Å². The van der Waals surface area contributed by atoms with E-state index in [4.69, 9.17) is 4.74 Å². The van der Waals surface area contributed by atoms with Crippen molar-refractivity contribution in [3.63, 3.8) is 0 Å². The predicted octanol–water partition coefficient (Wildman–Crippen LogP) is 4.11. The molecule has 0 bridgehead atoms. The first-order valence-corrected chi connectivity index (χ1v) is 7.25. The molecule has 0 saturated heterocycles. The molecule has 0 amide bonds. The average molecular weight is 262 g/mol. The molecule has 1 aromatic heterocycles. The molecule has 0 atom stereocenters. The van der Waals surface area contributed by atoms with Gasteiger partial charge < -0.3 is 10.1 Å². The first-order valence-electron chi connectivity index (χ1n) is 7.25. The smallest absolute Gasteiger partial charge is 0.160 e. The molecule has 2 rings (SSSR count). The van der Waals surface area contributed by atoms with Gasteiger partial charge in [-0.1, -0.05) is 20.8 Å². The van der Waals surface area contributed by atoms with E-state index < -0.39 is 0 Å². The molecule has 1 aromatic rings. The van der Waals surface area contributed by atoms with Crippen LogP contribution in [-0.2, 0) is 0 Å². The van der Waals surface area contributed by atoms with Gasteiger partial charge in [-0.25, -0.2) is 0 Å². The number of hydrogen-bond acceptors (Lipinski definition) is 3. The number of anilines is 1. The molecule has 3 nitrogen and oxygen atoms in total. The Morgan fingerprint density at radius 1 is 1.21 bits per heavy atom. The number of nitrogens with zero attached hydrogens (tertiary/aromatic N) is 1. The van der Waals surface area contributed by atoms with Gasteiger partial charge in [0.15, 0.2) is 5.75 Å². The molecule has 0 aromatic carbocycles. The monoisotopic (exact) mass is 262 g/mol. The van der Waals surface area contributed by atoms with Crippen LogP contribution in [0.3, 0.4) is 0 Å². The molecule has 1 saturated carbocycles. The van der Waals surface area contributed by atoms with Crippen LogP contribution in [0.4, 0.5) is 5.69 Å². The first-order chi connectivity index (χ1) is 9.00. The standard InChI is InChI=1S/C16H26N2O/c1-16(2,3)12-5-7-13(8-6-12)18-14-9-10-17-11-15(14)19-4/h9-13H,5-8H2,1-4H3,(H,17,18). The van der Waals surface area contributed by atoms with Crippen molar-refractivity contribution in [3.8, 4) is 5.75 Å². The summed E-state index contributed by atoms with van der Waals surface area (Å²) < 4.78 is 5.34. The van der Waals surface area contributed by atoms with E-state index in [0.29, 0.717) is 11.5 Å². The van der Waals surface area contributed by atoms with Crippen LogP contribution < -0.4 is 10.1 Å². The Balaban J connectivity index is 1.92. The maximum Gasteiger partial charge on any atom is 0.160 e. The van der Waals surface area contributed by atoms with Crippen LogP contribution in [0, 0.1) is 11.3 Å². The van der Waals surface area contributed by atoms with Gasteiger partial charge in [0.05, 0.1) is 19.0 Å². The number of aromatic nitrogens is 1. The molecule has 0 spiro atoms. The lowest BCUT2D eigenvalue weighted by Crippen LogP contribution is -2.31. The number of rotatable bonds is 3. The third-order valence-electron chi connectivity index (χ3n) is 4.32. The fourth-order valence-electron chi connectivity index (χ4n) is 2.99. The summed E-state index contributed by atoms with van der Waals surface area (Å²) in [7, 11) is 1.69. The number of methoxy groups -OCH3 is 1. The van der Waals surface area contributed by atoms with Gasteiger partial charge in [0.2, 0.25) is 0 Å². The third kappa shape index (κ3) is 3.62. The number of hydrogen-bond donors (Lipinski definition) is 1. The predicted molar refractivity (Wildman–Crippen MR) is 79.6 cm³/mol. The van der Waals surface area contributed by atoms with Gasteiger partial charge in [0.1, 0.15) is 0 Å². The normalized spacial score (nSPS) is 24.0. The van der Waals surface area contributed by atoms with Gasteiger partial charge in [-0.05, 0) is 43.1 Å². The summed E-state index contributed by atoms with van der Waals surface area (Å²) in [4.78, 5) is 4.09. The highest BCUT2D eigenvalue weighted by atomic mass is 16.5. The quantitative estimate of drug-likeness (QED) is 0.890. The molecular formula is C16H26N2O. The first kappa shape index (κ1) is 14.2.